The van der Waals surface area contributed by atoms with Crippen LogP contribution in [0.5, 0.6) is 0 Å². The van der Waals surface area contributed by atoms with E-state index in [4.69, 9.17) is 0 Å². The quantitative estimate of drug-likeness (QED) is 0.876. The number of rotatable bonds is 2. The van der Waals surface area contributed by atoms with E-state index in [9.17, 15) is 4.79 Å². The van der Waals surface area contributed by atoms with Crippen LogP contribution in [0.1, 0.15) is 66.4 Å². The second-order valence-corrected chi connectivity index (χ2v) is 6.39. The van der Waals surface area contributed by atoms with Crippen LogP contribution in [-0.4, -0.2) is 18.5 Å². The number of fused-ring (bicyclic) bond motifs is 1. The molecule has 1 aromatic rings. The molecule has 1 saturated carbocycles. The highest BCUT2D eigenvalue weighted by Crippen LogP contribution is 2.21. The zero-order chi connectivity index (χ0) is 14.5. The molecule has 2 aliphatic rings. The van der Waals surface area contributed by atoms with E-state index in [1.807, 2.05) is 12.1 Å². The van der Waals surface area contributed by atoms with Gasteiger partial charge in [0.05, 0.1) is 0 Å². The van der Waals surface area contributed by atoms with Crippen molar-refractivity contribution in [1.82, 2.24) is 10.6 Å². The standard InChI is InChI=1S/C18H26N2O/c21-18(20-15-8-4-2-1-3-5-9-15)17-10-6-7-14-13-19-12-11-16(14)17/h6-7,10,15,19H,1-5,8-9,11-13H2,(H,20,21). The Morgan fingerprint density at radius 1 is 1.10 bits per heavy atom. The molecule has 1 fully saturated rings. The van der Waals surface area contributed by atoms with Gasteiger partial charge in [-0.05, 0) is 43.0 Å². The maximum Gasteiger partial charge on any atom is 0.251 e. The van der Waals surface area contributed by atoms with Gasteiger partial charge in [-0.3, -0.25) is 4.79 Å². The number of benzene rings is 1. The molecule has 21 heavy (non-hydrogen) atoms. The lowest BCUT2D eigenvalue weighted by molar-refractivity contribution is 0.0929. The van der Waals surface area contributed by atoms with E-state index in [0.717, 1.165) is 37.9 Å². The summed E-state index contributed by atoms with van der Waals surface area (Å²) in [5, 5.41) is 6.67. The van der Waals surface area contributed by atoms with Crippen LogP contribution in [-0.2, 0) is 13.0 Å². The minimum absolute atomic E-state index is 0.138. The Bertz CT molecular complexity index is 490. The van der Waals surface area contributed by atoms with E-state index in [1.54, 1.807) is 0 Å². The average Bonchev–Trinajstić information content (AvgIpc) is 2.49. The average molecular weight is 286 g/mol. The van der Waals surface area contributed by atoms with Crippen LogP contribution in [0.2, 0.25) is 0 Å². The number of nitrogens with one attached hydrogen (secondary N) is 2. The minimum atomic E-state index is 0.138. The van der Waals surface area contributed by atoms with Crippen LogP contribution in [0, 0.1) is 0 Å². The van der Waals surface area contributed by atoms with Crippen LogP contribution in [0.4, 0.5) is 0 Å². The summed E-state index contributed by atoms with van der Waals surface area (Å²) in [7, 11) is 0. The van der Waals surface area contributed by atoms with Gasteiger partial charge < -0.3 is 10.6 Å². The molecule has 1 heterocycles. The van der Waals surface area contributed by atoms with Crippen molar-refractivity contribution in [2.24, 2.45) is 0 Å². The van der Waals surface area contributed by atoms with E-state index in [1.165, 1.54) is 43.2 Å². The van der Waals surface area contributed by atoms with E-state index in [2.05, 4.69) is 16.7 Å². The topological polar surface area (TPSA) is 41.1 Å². The fourth-order valence-corrected chi connectivity index (χ4v) is 3.61. The van der Waals surface area contributed by atoms with Gasteiger partial charge in [0.2, 0.25) is 0 Å². The zero-order valence-corrected chi connectivity index (χ0v) is 12.8. The fraction of sp³-hybridized carbons (Fsp3) is 0.611. The van der Waals surface area contributed by atoms with Crippen LogP contribution in [0.3, 0.4) is 0 Å². The molecule has 0 spiro atoms. The van der Waals surface area contributed by atoms with Crippen LogP contribution in [0.15, 0.2) is 18.2 Å². The van der Waals surface area contributed by atoms with Crippen molar-refractivity contribution in [3.05, 3.63) is 34.9 Å². The highest BCUT2D eigenvalue weighted by atomic mass is 16.1. The molecule has 0 unspecified atom stereocenters. The summed E-state index contributed by atoms with van der Waals surface area (Å²) in [6, 6.07) is 6.51. The second-order valence-electron chi connectivity index (χ2n) is 6.39. The maximum atomic E-state index is 12.7. The summed E-state index contributed by atoms with van der Waals surface area (Å²) >= 11 is 0. The predicted molar refractivity (Wildman–Crippen MR) is 85.4 cm³/mol. The van der Waals surface area contributed by atoms with Gasteiger partial charge in [-0.2, -0.15) is 0 Å². The summed E-state index contributed by atoms with van der Waals surface area (Å²) in [4.78, 5) is 12.7. The molecule has 1 amide bonds. The first-order valence-electron chi connectivity index (χ1n) is 8.47. The minimum Gasteiger partial charge on any atom is -0.349 e. The molecule has 2 N–H and O–H groups in total. The summed E-state index contributed by atoms with van der Waals surface area (Å²) in [5.41, 5.74) is 3.43. The fourth-order valence-electron chi connectivity index (χ4n) is 3.61. The van der Waals surface area contributed by atoms with Crippen LogP contribution < -0.4 is 10.6 Å². The van der Waals surface area contributed by atoms with Crippen LogP contribution in [0.25, 0.3) is 0 Å². The zero-order valence-electron chi connectivity index (χ0n) is 12.8. The maximum absolute atomic E-state index is 12.7. The van der Waals surface area contributed by atoms with Gasteiger partial charge in [0.1, 0.15) is 0 Å². The van der Waals surface area contributed by atoms with Gasteiger partial charge in [-0.25, -0.2) is 0 Å². The van der Waals surface area contributed by atoms with Crippen molar-refractivity contribution >= 4 is 5.91 Å². The summed E-state index contributed by atoms with van der Waals surface area (Å²) < 4.78 is 0. The third-order valence-electron chi connectivity index (χ3n) is 4.83. The van der Waals surface area contributed by atoms with Crippen molar-refractivity contribution in [3.63, 3.8) is 0 Å². The van der Waals surface area contributed by atoms with Gasteiger partial charge >= 0.3 is 0 Å². The number of amides is 1. The first kappa shape index (κ1) is 14.6. The summed E-state index contributed by atoms with van der Waals surface area (Å²) in [6.07, 6.45) is 9.75. The third kappa shape index (κ3) is 3.65. The van der Waals surface area contributed by atoms with Gasteiger partial charge in [0.25, 0.3) is 5.91 Å². The summed E-state index contributed by atoms with van der Waals surface area (Å²) in [5.74, 6) is 0.138. The normalized spacial score (nSPS) is 20.2. The molecule has 0 atom stereocenters. The van der Waals surface area contributed by atoms with E-state index < -0.39 is 0 Å². The Morgan fingerprint density at radius 3 is 2.67 bits per heavy atom. The largest absolute Gasteiger partial charge is 0.349 e. The Labute approximate surface area is 127 Å². The van der Waals surface area contributed by atoms with Crippen molar-refractivity contribution < 1.29 is 4.79 Å². The number of carbonyl (C=O) groups excluding carboxylic acids is 1. The SMILES string of the molecule is O=C(NC1CCCCCCC1)c1cccc2c1CCNC2. The smallest absolute Gasteiger partial charge is 0.251 e. The van der Waals surface area contributed by atoms with Crippen molar-refractivity contribution in [1.29, 1.82) is 0 Å². The summed E-state index contributed by atoms with van der Waals surface area (Å²) in [6.45, 7) is 1.86. The van der Waals surface area contributed by atoms with Gasteiger partial charge in [-0.1, -0.05) is 44.2 Å². The molecule has 3 nitrogen and oxygen atoms in total. The Balaban J connectivity index is 1.70. The highest BCUT2D eigenvalue weighted by Gasteiger charge is 2.20. The Hall–Kier alpha value is -1.35. The molecule has 0 saturated heterocycles. The molecule has 1 aromatic carbocycles. The lowest BCUT2D eigenvalue weighted by atomic mass is 9.93. The molecule has 1 aliphatic carbocycles. The highest BCUT2D eigenvalue weighted by molar-refractivity contribution is 5.96. The molecule has 3 rings (SSSR count). The van der Waals surface area contributed by atoms with E-state index >= 15 is 0 Å². The monoisotopic (exact) mass is 286 g/mol. The molecule has 1 aliphatic heterocycles. The van der Waals surface area contributed by atoms with Crippen LogP contribution >= 0.6 is 0 Å². The molecule has 0 aromatic heterocycles. The molecular formula is C18H26N2O. The first-order chi connectivity index (χ1) is 10.3. The molecular weight excluding hydrogens is 260 g/mol. The van der Waals surface area contributed by atoms with Gasteiger partial charge in [-0.15, -0.1) is 0 Å². The lowest BCUT2D eigenvalue weighted by Crippen LogP contribution is -2.36. The second kappa shape index (κ2) is 7.08. The first-order valence-corrected chi connectivity index (χ1v) is 8.47. The van der Waals surface area contributed by atoms with Crippen molar-refractivity contribution in [3.8, 4) is 0 Å². The molecule has 0 radical (unpaired) electrons. The van der Waals surface area contributed by atoms with E-state index in [-0.39, 0.29) is 5.91 Å². The molecule has 114 valence electrons. The number of hydrogen-bond donors (Lipinski definition) is 2. The molecule has 0 bridgehead atoms. The number of hydrogen-bond acceptors (Lipinski definition) is 2. The van der Waals surface area contributed by atoms with E-state index in [0.29, 0.717) is 6.04 Å². The van der Waals surface area contributed by atoms with Gasteiger partial charge in [0.15, 0.2) is 0 Å². The van der Waals surface area contributed by atoms with Crippen molar-refractivity contribution in [2.45, 2.75) is 64.0 Å². The predicted octanol–water partition coefficient (Wildman–Crippen LogP) is 3.18. The Morgan fingerprint density at radius 2 is 1.86 bits per heavy atom. The number of carbonyl (C=O) groups is 1. The third-order valence-corrected chi connectivity index (χ3v) is 4.83. The molecule has 3 heteroatoms. The Kier molecular flexibility index (Phi) is 4.91. The van der Waals surface area contributed by atoms with Gasteiger partial charge in [0, 0.05) is 18.2 Å². The lowest BCUT2D eigenvalue weighted by Gasteiger charge is -2.24. The van der Waals surface area contributed by atoms with Crippen molar-refractivity contribution in [2.75, 3.05) is 6.54 Å².